The molecule has 4 rings (SSSR count). The summed E-state index contributed by atoms with van der Waals surface area (Å²) in [6.45, 7) is 3.51. The lowest BCUT2D eigenvalue weighted by atomic mass is 9.99. The highest BCUT2D eigenvalue weighted by Gasteiger charge is 2.49. The van der Waals surface area contributed by atoms with Gasteiger partial charge in [-0.2, -0.15) is 0 Å². The fraction of sp³-hybridized carbons (Fsp3) is 0.167. The number of amides is 1. The van der Waals surface area contributed by atoms with E-state index in [1.165, 1.54) is 25.3 Å². The van der Waals surface area contributed by atoms with Crippen LogP contribution in [0.25, 0.3) is 5.76 Å². The van der Waals surface area contributed by atoms with Crippen molar-refractivity contribution >= 4 is 34.7 Å². The number of carbonyl (C=O) groups is 2. The van der Waals surface area contributed by atoms with Gasteiger partial charge in [0.1, 0.15) is 34.8 Å². The number of rotatable bonds is 4. The molecule has 1 aliphatic heterocycles. The molecule has 1 aliphatic rings. The lowest BCUT2D eigenvalue weighted by molar-refractivity contribution is -0.132. The van der Waals surface area contributed by atoms with E-state index in [1.54, 1.807) is 44.2 Å². The first kappa shape index (κ1) is 21.5. The molecule has 0 spiro atoms. The van der Waals surface area contributed by atoms with Gasteiger partial charge in [0.05, 0.1) is 23.4 Å². The predicted molar refractivity (Wildman–Crippen MR) is 119 cm³/mol. The maximum Gasteiger partial charge on any atom is 0.300 e. The number of methoxy groups -OCH3 is 1. The number of furan rings is 1. The van der Waals surface area contributed by atoms with Crippen LogP contribution in [0.15, 0.2) is 58.5 Å². The summed E-state index contributed by atoms with van der Waals surface area (Å²) in [4.78, 5) is 27.4. The van der Waals surface area contributed by atoms with Crippen molar-refractivity contribution in [3.05, 3.63) is 81.8 Å². The number of hydrogen-bond acceptors (Lipinski definition) is 6. The van der Waals surface area contributed by atoms with Gasteiger partial charge in [-0.25, -0.2) is 0 Å². The van der Waals surface area contributed by atoms with Gasteiger partial charge in [-0.1, -0.05) is 17.7 Å². The third kappa shape index (κ3) is 3.50. The topological polar surface area (TPSA) is 100 Å². The van der Waals surface area contributed by atoms with Gasteiger partial charge in [-0.05, 0) is 61.9 Å². The molecule has 8 heteroatoms. The minimum Gasteiger partial charge on any atom is -0.507 e. The summed E-state index contributed by atoms with van der Waals surface area (Å²) in [7, 11) is 1.46. The summed E-state index contributed by atoms with van der Waals surface area (Å²) in [5.74, 6) is -1.29. The highest BCUT2D eigenvalue weighted by Crippen LogP contribution is 2.46. The molecule has 0 radical (unpaired) electrons. The number of aliphatic hydroxyl groups is 1. The Kier molecular flexibility index (Phi) is 5.44. The van der Waals surface area contributed by atoms with Crippen molar-refractivity contribution in [3.63, 3.8) is 0 Å². The highest BCUT2D eigenvalue weighted by molar-refractivity contribution is 6.52. The molecule has 2 heterocycles. The summed E-state index contributed by atoms with van der Waals surface area (Å²) in [5.41, 5.74) is 0.818. The Hall–Kier alpha value is -3.71. The van der Waals surface area contributed by atoms with Gasteiger partial charge in [0, 0.05) is 5.56 Å². The van der Waals surface area contributed by atoms with Gasteiger partial charge >= 0.3 is 0 Å². The van der Waals surface area contributed by atoms with E-state index in [0.717, 1.165) is 10.5 Å². The Labute approximate surface area is 189 Å². The van der Waals surface area contributed by atoms with Crippen LogP contribution in [0.5, 0.6) is 11.5 Å². The van der Waals surface area contributed by atoms with Gasteiger partial charge in [0.2, 0.25) is 0 Å². The van der Waals surface area contributed by atoms with Gasteiger partial charge < -0.3 is 19.4 Å². The lowest BCUT2D eigenvalue weighted by Gasteiger charge is -2.24. The lowest BCUT2D eigenvalue weighted by Crippen LogP contribution is -2.29. The number of hydrogen-bond donors (Lipinski definition) is 2. The Morgan fingerprint density at radius 1 is 1.09 bits per heavy atom. The van der Waals surface area contributed by atoms with Crippen molar-refractivity contribution in [3.8, 4) is 11.5 Å². The molecule has 0 bridgehead atoms. The molecule has 1 saturated heterocycles. The number of ether oxygens (including phenoxy) is 1. The number of phenolic OH excluding ortho intramolecular Hbond substituents is 1. The number of nitrogens with zero attached hydrogens (tertiary/aromatic N) is 1. The summed E-state index contributed by atoms with van der Waals surface area (Å²) >= 11 is 6.28. The maximum atomic E-state index is 13.1. The van der Waals surface area contributed by atoms with Gasteiger partial charge in [0.25, 0.3) is 11.7 Å². The van der Waals surface area contributed by atoms with Crippen LogP contribution in [0.2, 0.25) is 5.02 Å². The predicted octanol–water partition coefficient (Wildman–Crippen LogP) is 4.89. The van der Waals surface area contributed by atoms with Crippen LogP contribution in [0.1, 0.15) is 28.7 Å². The fourth-order valence-electron chi connectivity index (χ4n) is 3.73. The van der Waals surface area contributed by atoms with E-state index in [0.29, 0.717) is 11.5 Å². The second-order valence-electron chi connectivity index (χ2n) is 7.46. The van der Waals surface area contributed by atoms with Crippen LogP contribution in [0.4, 0.5) is 5.69 Å². The monoisotopic (exact) mass is 453 g/mol. The largest absolute Gasteiger partial charge is 0.507 e. The van der Waals surface area contributed by atoms with Crippen molar-refractivity contribution < 1.29 is 29.0 Å². The summed E-state index contributed by atoms with van der Waals surface area (Å²) in [6, 6.07) is 11.5. The van der Waals surface area contributed by atoms with Crippen molar-refractivity contribution in [2.45, 2.75) is 19.9 Å². The first-order valence-corrected chi connectivity index (χ1v) is 10.1. The summed E-state index contributed by atoms with van der Waals surface area (Å²) in [6.07, 6.45) is 0. The quantitative estimate of drug-likeness (QED) is 0.331. The number of carbonyl (C=O) groups excluding carboxylic acids is 2. The van der Waals surface area contributed by atoms with E-state index in [2.05, 4.69) is 0 Å². The summed E-state index contributed by atoms with van der Waals surface area (Å²) in [5, 5.41) is 21.8. The van der Waals surface area contributed by atoms with Gasteiger partial charge in [0.15, 0.2) is 0 Å². The fourth-order valence-corrected chi connectivity index (χ4v) is 3.94. The second kappa shape index (κ2) is 8.09. The number of aromatic hydroxyl groups is 1. The van der Waals surface area contributed by atoms with E-state index in [9.17, 15) is 19.8 Å². The van der Waals surface area contributed by atoms with Crippen LogP contribution >= 0.6 is 11.6 Å². The van der Waals surface area contributed by atoms with Gasteiger partial charge in [-0.3, -0.25) is 14.5 Å². The molecule has 164 valence electrons. The standard InChI is InChI=1S/C24H20ClNO6/c1-12-4-8-18(27)17(10-12)26-21(19-9-5-13(2)32-19)20(23(29)24(26)30)22(28)15-11-14(31-3)6-7-16(15)25/h4-11,21,27-28H,1-3H3/b22-20+. The first-order valence-electron chi connectivity index (χ1n) is 9.73. The molecule has 1 amide bonds. The molecule has 7 nitrogen and oxygen atoms in total. The minimum absolute atomic E-state index is 0.127. The third-order valence-corrected chi connectivity index (χ3v) is 5.62. The van der Waals surface area contributed by atoms with Crippen LogP contribution in [-0.2, 0) is 9.59 Å². The van der Waals surface area contributed by atoms with Gasteiger partial charge in [-0.15, -0.1) is 0 Å². The zero-order valence-electron chi connectivity index (χ0n) is 17.5. The van der Waals surface area contributed by atoms with Crippen LogP contribution < -0.4 is 9.64 Å². The number of benzene rings is 2. The minimum atomic E-state index is -1.11. The SMILES string of the molecule is COc1ccc(Cl)c(/C(O)=C2\C(=O)C(=O)N(c3cc(C)ccc3O)C2c2ccc(C)o2)c1. The van der Waals surface area contributed by atoms with Crippen molar-refractivity contribution in [2.24, 2.45) is 0 Å². The zero-order valence-corrected chi connectivity index (χ0v) is 18.3. The molecule has 1 fully saturated rings. The molecule has 2 N–H and O–H groups in total. The van der Waals surface area contributed by atoms with E-state index >= 15 is 0 Å². The number of phenols is 1. The number of halogens is 1. The normalized spacial score (nSPS) is 17.8. The Morgan fingerprint density at radius 2 is 1.84 bits per heavy atom. The second-order valence-corrected chi connectivity index (χ2v) is 7.86. The highest BCUT2D eigenvalue weighted by atomic mass is 35.5. The molecule has 1 atom stereocenters. The van der Waals surface area contributed by atoms with E-state index in [1.807, 2.05) is 0 Å². The molecule has 1 aromatic heterocycles. The molecular weight excluding hydrogens is 434 g/mol. The van der Waals surface area contributed by atoms with E-state index < -0.39 is 23.5 Å². The molecule has 0 aliphatic carbocycles. The average molecular weight is 454 g/mol. The number of anilines is 1. The van der Waals surface area contributed by atoms with Crippen LogP contribution in [0.3, 0.4) is 0 Å². The first-order chi connectivity index (χ1) is 15.2. The Bertz CT molecular complexity index is 1280. The van der Waals surface area contributed by atoms with E-state index in [-0.39, 0.29) is 33.4 Å². The van der Waals surface area contributed by atoms with Crippen molar-refractivity contribution in [1.82, 2.24) is 0 Å². The molecule has 0 saturated carbocycles. The van der Waals surface area contributed by atoms with Crippen molar-refractivity contribution in [1.29, 1.82) is 0 Å². The smallest absolute Gasteiger partial charge is 0.300 e. The molecule has 1 unspecified atom stereocenters. The number of aryl methyl sites for hydroxylation is 2. The van der Waals surface area contributed by atoms with Crippen LogP contribution in [-0.4, -0.2) is 29.0 Å². The van der Waals surface area contributed by atoms with Crippen molar-refractivity contribution in [2.75, 3.05) is 12.0 Å². The van der Waals surface area contributed by atoms with E-state index in [4.69, 9.17) is 20.8 Å². The average Bonchev–Trinajstić information content (AvgIpc) is 3.31. The Balaban J connectivity index is 2.00. The zero-order chi connectivity index (χ0) is 23.2. The number of Topliss-reactive ketones (excluding diaryl/α,β-unsaturated/α-hetero) is 1. The molecule has 32 heavy (non-hydrogen) atoms. The molecule has 3 aromatic rings. The van der Waals surface area contributed by atoms with Crippen LogP contribution in [0, 0.1) is 13.8 Å². The molecular formula is C24H20ClNO6. The summed E-state index contributed by atoms with van der Waals surface area (Å²) < 4.78 is 10.9. The third-order valence-electron chi connectivity index (χ3n) is 5.29. The number of aliphatic hydroxyl groups excluding tert-OH is 1. The molecule has 2 aromatic carbocycles. The number of ketones is 1. The Morgan fingerprint density at radius 3 is 2.50 bits per heavy atom. The maximum absolute atomic E-state index is 13.1.